The van der Waals surface area contributed by atoms with Crippen molar-refractivity contribution in [2.75, 3.05) is 5.32 Å². The van der Waals surface area contributed by atoms with Crippen LogP contribution in [0.25, 0.3) is 0 Å². The molecule has 0 saturated carbocycles. The minimum Gasteiger partial charge on any atom is -0.378 e. The number of rotatable bonds is 5. The summed E-state index contributed by atoms with van der Waals surface area (Å²) in [5.74, 6) is 0.952. The minimum absolute atomic E-state index is 0.160. The maximum Gasteiger partial charge on any atom is 0.162 e. The van der Waals surface area contributed by atoms with Crippen molar-refractivity contribution < 1.29 is 9.32 Å². The van der Waals surface area contributed by atoms with Crippen LogP contribution in [0.1, 0.15) is 35.2 Å². The van der Waals surface area contributed by atoms with Crippen molar-refractivity contribution in [1.29, 1.82) is 0 Å². The maximum atomic E-state index is 11.5. The number of Topliss-reactive ketones (excluding diaryl/α,β-unsaturated/α-hetero) is 1. The third-order valence-corrected chi connectivity index (χ3v) is 2.67. The van der Waals surface area contributed by atoms with Crippen molar-refractivity contribution in [3.8, 4) is 0 Å². The first-order chi connectivity index (χ1) is 8.69. The Balaban J connectivity index is 1.96. The summed E-state index contributed by atoms with van der Waals surface area (Å²) in [6.07, 6.45) is 0.532. The summed E-state index contributed by atoms with van der Waals surface area (Å²) in [6.45, 7) is 4.33. The highest BCUT2D eigenvalue weighted by atomic mass is 16.5. The van der Waals surface area contributed by atoms with Gasteiger partial charge in [-0.3, -0.25) is 4.79 Å². The van der Waals surface area contributed by atoms with E-state index in [1.807, 2.05) is 44.2 Å². The third-order valence-electron chi connectivity index (χ3n) is 2.67. The first kappa shape index (κ1) is 12.4. The molecule has 0 aliphatic heterocycles. The van der Waals surface area contributed by atoms with Crippen LogP contribution >= 0.6 is 0 Å². The molecule has 0 atom stereocenters. The van der Waals surface area contributed by atoms with Gasteiger partial charge in [-0.15, -0.1) is 0 Å². The number of aromatic nitrogens is 1. The van der Waals surface area contributed by atoms with Gasteiger partial charge in [0, 0.05) is 23.7 Å². The molecule has 2 aromatic rings. The van der Waals surface area contributed by atoms with Gasteiger partial charge in [-0.1, -0.05) is 12.1 Å². The molecule has 94 valence electrons. The summed E-state index contributed by atoms with van der Waals surface area (Å²) in [4.78, 5) is 11.5. The second-order valence-corrected chi connectivity index (χ2v) is 4.14. The highest BCUT2D eigenvalue weighted by molar-refractivity contribution is 5.96. The molecule has 0 amide bonds. The van der Waals surface area contributed by atoms with Crippen LogP contribution in [-0.2, 0) is 6.54 Å². The Hall–Kier alpha value is -2.10. The molecule has 1 aromatic heterocycles. The van der Waals surface area contributed by atoms with Gasteiger partial charge in [-0.2, -0.15) is 0 Å². The first-order valence-corrected chi connectivity index (χ1v) is 5.98. The molecule has 0 saturated heterocycles. The van der Waals surface area contributed by atoms with Gasteiger partial charge >= 0.3 is 0 Å². The topological polar surface area (TPSA) is 55.1 Å². The predicted octanol–water partition coefficient (Wildman–Crippen LogP) is 3.19. The molecular weight excluding hydrogens is 228 g/mol. The van der Waals surface area contributed by atoms with Crippen LogP contribution in [0, 0.1) is 6.92 Å². The van der Waals surface area contributed by atoms with E-state index in [1.54, 1.807) is 0 Å². The fraction of sp³-hybridized carbons (Fsp3) is 0.286. The van der Waals surface area contributed by atoms with Gasteiger partial charge in [-0.25, -0.2) is 0 Å². The number of ketones is 1. The van der Waals surface area contributed by atoms with E-state index in [9.17, 15) is 4.79 Å². The number of aryl methyl sites for hydroxylation is 1. The molecule has 0 unspecified atom stereocenters. The molecule has 1 aromatic carbocycles. The van der Waals surface area contributed by atoms with E-state index in [4.69, 9.17) is 4.52 Å². The lowest BCUT2D eigenvalue weighted by Gasteiger charge is -2.04. The summed E-state index contributed by atoms with van der Waals surface area (Å²) in [7, 11) is 0. The largest absolute Gasteiger partial charge is 0.378 e. The number of carbonyl (C=O) groups is 1. The Bertz CT molecular complexity index is 529. The average Bonchev–Trinajstić information content (AvgIpc) is 2.82. The number of carbonyl (C=O) groups excluding carboxylic acids is 1. The van der Waals surface area contributed by atoms with Crippen LogP contribution in [0.15, 0.2) is 34.9 Å². The number of nitrogens with one attached hydrogen (secondary N) is 1. The summed E-state index contributed by atoms with van der Waals surface area (Å²) in [6, 6.07) is 9.35. The molecule has 0 bridgehead atoms. The van der Waals surface area contributed by atoms with Crippen molar-refractivity contribution >= 4 is 11.5 Å². The Labute approximate surface area is 106 Å². The smallest absolute Gasteiger partial charge is 0.162 e. The van der Waals surface area contributed by atoms with Crippen molar-refractivity contribution in [1.82, 2.24) is 5.16 Å². The SMILES string of the molecule is CCC(=O)c1ccc(NCc2cc(C)no2)cc1. The lowest BCUT2D eigenvalue weighted by molar-refractivity contribution is 0.0988. The molecule has 4 heteroatoms. The number of hydrogen-bond acceptors (Lipinski definition) is 4. The highest BCUT2D eigenvalue weighted by Gasteiger charge is 2.03. The van der Waals surface area contributed by atoms with E-state index in [0.29, 0.717) is 13.0 Å². The minimum atomic E-state index is 0.160. The molecule has 0 aliphatic rings. The van der Waals surface area contributed by atoms with Crippen LogP contribution < -0.4 is 5.32 Å². The Morgan fingerprint density at radius 3 is 2.61 bits per heavy atom. The van der Waals surface area contributed by atoms with Crippen molar-refractivity contribution in [3.63, 3.8) is 0 Å². The number of nitrogens with zero attached hydrogens (tertiary/aromatic N) is 1. The van der Waals surface area contributed by atoms with Gasteiger partial charge in [0.15, 0.2) is 11.5 Å². The van der Waals surface area contributed by atoms with Crippen LogP contribution in [0.4, 0.5) is 5.69 Å². The number of benzene rings is 1. The molecule has 0 radical (unpaired) electrons. The van der Waals surface area contributed by atoms with Gasteiger partial charge in [0.1, 0.15) is 0 Å². The highest BCUT2D eigenvalue weighted by Crippen LogP contribution is 2.13. The quantitative estimate of drug-likeness (QED) is 0.821. The lowest BCUT2D eigenvalue weighted by Crippen LogP contribution is -2.00. The summed E-state index contributed by atoms with van der Waals surface area (Å²) in [5.41, 5.74) is 2.57. The van der Waals surface area contributed by atoms with Crippen LogP contribution in [0.5, 0.6) is 0 Å². The second-order valence-electron chi connectivity index (χ2n) is 4.14. The Morgan fingerprint density at radius 2 is 2.06 bits per heavy atom. The zero-order valence-electron chi connectivity index (χ0n) is 10.6. The fourth-order valence-electron chi connectivity index (χ4n) is 1.67. The molecule has 1 N–H and O–H groups in total. The van der Waals surface area contributed by atoms with E-state index < -0.39 is 0 Å². The zero-order valence-corrected chi connectivity index (χ0v) is 10.6. The fourth-order valence-corrected chi connectivity index (χ4v) is 1.67. The van der Waals surface area contributed by atoms with Gasteiger partial charge in [-0.05, 0) is 31.2 Å². The Kier molecular flexibility index (Phi) is 3.77. The molecule has 0 spiro atoms. The van der Waals surface area contributed by atoms with Crippen LogP contribution in [0.3, 0.4) is 0 Å². The molecule has 0 fully saturated rings. The zero-order chi connectivity index (χ0) is 13.0. The molecule has 1 heterocycles. The normalized spacial score (nSPS) is 10.3. The molecule has 18 heavy (non-hydrogen) atoms. The molecular formula is C14H16N2O2. The van der Waals surface area contributed by atoms with E-state index in [2.05, 4.69) is 10.5 Å². The molecule has 2 rings (SSSR count). The number of hydrogen-bond donors (Lipinski definition) is 1. The Morgan fingerprint density at radius 1 is 1.33 bits per heavy atom. The second kappa shape index (κ2) is 5.49. The monoisotopic (exact) mass is 244 g/mol. The first-order valence-electron chi connectivity index (χ1n) is 5.98. The van der Waals surface area contributed by atoms with E-state index in [1.165, 1.54) is 0 Å². The van der Waals surface area contributed by atoms with E-state index in [0.717, 1.165) is 22.7 Å². The van der Waals surface area contributed by atoms with Crippen LogP contribution in [0.2, 0.25) is 0 Å². The standard InChI is InChI=1S/C14H16N2O2/c1-3-14(17)11-4-6-12(7-5-11)15-9-13-8-10(2)16-18-13/h4-8,15H,3,9H2,1-2H3. The summed E-state index contributed by atoms with van der Waals surface area (Å²) in [5, 5.41) is 7.03. The van der Waals surface area contributed by atoms with E-state index in [-0.39, 0.29) is 5.78 Å². The summed E-state index contributed by atoms with van der Waals surface area (Å²) < 4.78 is 5.10. The predicted molar refractivity (Wildman–Crippen MR) is 69.6 cm³/mol. The van der Waals surface area contributed by atoms with E-state index >= 15 is 0 Å². The molecule has 0 aliphatic carbocycles. The van der Waals surface area contributed by atoms with Crippen LogP contribution in [-0.4, -0.2) is 10.9 Å². The van der Waals surface area contributed by atoms with Crippen molar-refractivity contribution in [2.45, 2.75) is 26.8 Å². The maximum absolute atomic E-state index is 11.5. The lowest BCUT2D eigenvalue weighted by atomic mass is 10.1. The van der Waals surface area contributed by atoms with Crippen molar-refractivity contribution in [2.24, 2.45) is 0 Å². The number of anilines is 1. The van der Waals surface area contributed by atoms with Gasteiger partial charge in [0.2, 0.25) is 0 Å². The third kappa shape index (κ3) is 2.97. The average molecular weight is 244 g/mol. The van der Waals surface area contributed by atoms with Crippen molar-refractivity contribution in [3.05, 3.63) is 47.3 Å². The van der Waals surface area contributed by atoms with Gasteiger partial charge in [0.25, 0.3) is 0 Å². The van der Waals surface area contributed by atoms with Gasteiger partial charge in [0.05, 0.1) is 12.2 Å². The molecule has 4 nitrogen and oxygen atoms in total. The summed E-state index contributed by atoms with van der Waals surface area (Å²) >= 11 is 0. The van der Waals surface area contributed by atoms with Gasteiger partial charge < -0.3 is 9.84 Å².